The van der Waals surface area contributed by atoms with E-state index in [9.17, 15) is 14.0 Å². The third-order valence-corrected chi connectivity index (χ3v) is 9.27. The quantitative estimate of drug-likeness (QED) is 0.275. The number of piperazine rings is 1. The number of carbonyl (C=O) groups excluding carboxylic acids is 1. The largest absolute Gasteiger partial charge is 0.444 e. The van der Waals surface area contributed by atoms with Crippen LogP contribution >= 0.6 is 0 Å². The van der Waals surface area contributed by atoms with E-state index in [1.54, 1.807) is 9.47 Å². The number of hydrogen-bond acceptors (Lipinski definition) is 7. The van der Waals surface area contributed by atoms with Crippen molar-refractivity contribution in [3.63, 3.8) is 0 Å². The van der Waals surface area contributed by atoms with E-state index >= 15 is 0 Å². The van der Waals surface area contributed by atoms with Crippen LogP contribution in [-0.4, -0.2) is 79.6 Å². The van der Waals surface area contributed by atoms with Gasteiger partial charge in [0.05, 0.1) is 5.69 Å². The molecule has 2 aromatic rings. The number of aryl methyl sites for hydroxylation is 1. The Labute approximate surface area is 250 Å². The Kier molecular flexibility index (Phi) is 10.5. The molecule has 0 radical (unpaired) electrons. The molecule has 42 heavy (non-hydrogen) atoms. The third-order valence-electron chi connectivity index (χ3n) is 7.57. The zero-order chi connectivity index (χ0) is 30.5. The highest BCUT2D eigenvalue weighted by Gasteiger charge is 2.37. The molecule has 1 aromatic carbocycles. The first-order chi connectivity index (χ1) is 19.8. The molecule has 11 heteroatoms. The summed E-state index contributed by atoms with van der Waals surface area (Å²) in [7, 11) is -1.24. The van der Waals surface area contributed by atoms with Crippen LogP contribution in [0.25, 0.3) is 0 Å². The SMILES string of the molecule is CC(C)(C)OC(=O)N1CCN(c2nc(CCCN[C@@H]3C[C@H]3c3ccc(F)cc3)cn(COCC[Si](C)(C)C)c2=O)CC1. The van der Waals surface area contributed by atoms with Crippen molar-refractivity contribution in [2.24, 2.45) is 0 Å². The number of nitrogens with zero attached hydrogens (tertiary/aromatic N) is 4. The van der Waals surface area contributed by atoms with Gasteiger partial charge in [0.1, 0.15) is 18.1 Å². The second-order valence-electron chi connectivity index (χ2n) is 13.7. The maximum absolute atomic E-state index is 13.5. The summed E-state index contributed by atoms with van der Waals surface area (Å²) in [4.78, 5) is 34.5. The Hall–Kier alpha value is -2.76. The summed E-state index contributed by atoms with van der Waals surface area (Å²) in [5, 5.41) is 3.61. The Morgan fingerprint density at radius 2 is 1.81 bits per heavy atom. The van der Waals surface area contributed by atoms with E-state index in [1.807, 2.05) is 44.0 Å². The van der Waals surface area contributed by atoms with E-state index in [0.717, 1.165) is 37.5 Å². The smallest absolute Gasteiger partial charge is 0.410 e. The second kappa shape index (κ2) is 13.7. The first-order valence-corrected chi connectivity index (χ1v) is 18.9. The summed E-state index contributed by atoms with van der Waals surface area (Å²) in [6.45, 7) is 16.1. The lowest BCUT2D eigenvalue weighted by atomic mass is 10.1. The molecule has 1 aliphatic heterocycles. The topological polar surface area (TPSA) is 88.9 Å². The summed E-state index contributed by atoms with van der Waals surface area (Å²) in [6, 6.07) is 8.23. The lowest BCUT2D eigenvalue weighted by Crippen LogP contribution is -2.51. The van der Waals surface area contributed by atoms with Crippen LogP contribution in [0.3, 0.4) is 0 Å². The van der Waals surface area contributed by atoms with Crippen LogP contribution in [0.2, 0.25) is 25.7 Å². The van der Waals surface area contributed by atoms with Crippen LogP contribution in [0.15, 0.2) is 35.3 Å². The summed E-state index contributed by atoms with van der Waals surface area (Å²) in [6.07, 6.45) is 4.15. The van der Waals surface area contributed by atoms with Crippen molar-refractivity contribution in [2.45, 2.75) is 90.0 Å². The molecule has 9 nitrogen and oxygen atoms in total. The van der Waals surface area contributed by atoms with E-state index in [-0.39, 0.29) is 24.2 Å². The van der Waals surface area contributed by atoms with Crippen LogP contribution in [-0.2, 0) is 22.6 Å². The normalized spacial score (nSPS) is 19.2. The van der Waals surface area contributed by atoms with Crippen LogP contribution in [0.5, 0.6) is 0 Å². The fourth-order valence-corrected chi connectivity index (χ4v) is 5.78. The van der Waals surface area contributed by atoms with E-state index in [0.29, 0.717) is 50.6 Å². The number of anilines is 1. The molecule has 2 atom stereocenters. The minimum Gasteiger partial charge on any atom is -0.444 e. The highest BCUT2D eigenvalue weighted by Crippen LogP contribution is 2.40. The predicted molar refractivity (Wildman–Crippen MR) is 166 cm³/mol. The van der Waals surface area contributed by atoms with E-state index < -0.39 is 13.7 Å². The Morgan fingerprint density at radius 1 is 1.12 bits per heavy atom. The van der Waals surface area contributed by atoms with Gasteiger partial charge >= 0.3 is 6.09 Å². The summed E-state index contributed by atoms with van der Waals surface area (Å²) in [5.74, 6) is 0.644. The molecule has 1 aromatic heterocycles. The van der Waals surface area contributed by atoms with Crippen molar-refractivity contribution >= 4 is 20.0 Å². The number of nitrogens with one attached hydrogen (secondary N) is 1. The van der Waals surface area contributed by atoms with E-state index in [2.05, 4.69) is 25.0 Å². The molecule has 1 saturated heterocycles. The first-order valence-electron chi connectivity index (χ1n) is 15.2. The van der Waals surface area contributed by atoms with Crippen molar-refractivity contribution in [3.8, 4) is 0 Å². The van der Waals surface area contributed by atoms with Crippen LogP contribution < -0.4 is 15.8 Å². The molecule has 2 aliphatic rings. The monoisotopic (exact) mass is 601 g/mol. The molecule has 232 valence electrons. The molecular formula is C31H48FN5O4Si. The van der Waals surface area contributed by atoms with E-state index in [4.69, 9.17) is 14.5 Å². The van der Waals surface area contributed by atoms with Crippen molar-refractivity contribution in [2.75, 3.05) is 44.2 Å². The van der Waals surface area contributed by atoms with Crippen LogP contribution in [0, 0.1) is 5.82 Å². The molecular weight excluding hydrogens is 553 g/mol. The van der Waals surface area contributed by atoms with Crippen molar-refractivity contribution in [3.05, 3.63) is 57.9 Å². The lowest BCUT2D eigenvalue weighted by Gasteiger charge is -2.36. The fourth-order valence-electron chi connectivity index (χ4n) is 5.03. The van der Waals surface area contributed by atoms with Gasteiger partial charge in [-0.1, -0.05) is 31.8 Å². The molecule has 0 spiro atoms. The molecule has 1 saturated carbocycles. The summed E-state index contributed by atoms with van der Waals surface area (Å²) < 4.78 is 26.3. The van der Waals surface area contributed by atoms with Gasteiger partial charge in [0, 0.05) is 59.0 Å². The third kappa shape index (κ3) is 9.64. The summed E-state index contributed by atoms with van der Waals surface area (Å²) in [5.41, 5.74) is 1.30. The first kappa shape index (κ1) is 32.2. The Morgan fingerprint density at radius 3 is 2.45 bits per heavy atom. The van der Waals surface area contributed by atoms with Gasteiger partial charge in [-0.3, -0.25) is 9.36 Å². The van der Waals surface area contributed by atoms with Crippen molar-refractivity contribution < 1.29 is 18.7 Å². The molecule has 1 amide bonds. The number of halogens is 1. The van der Waals surface area contributed by atoms with Crippen LogP contribution in [0.4, 0.5) is 15.0 Å². The highest BCUT2D eigenvalue weighted by atomic mass is 28.3. The van der Waals surface area contributed by atoms with Gasteiger partial charge < -0.3 is 24.6 Å². The molecule has 0 bridgehead atoms. The summed E-state index contributed by atoms with van der Waals surface area (Å²) >= 11 is 0. The van der Waals surface area contributed by atoms with Gasteiger partial charge in [-0.25, -0.2) is 14.2 Å². The maximum Gasteiger partial charge on any atom is 0.410 e. The van der Waals surface area contributed by atoms with Crippen molar-refractivity contribution in [1.29, 1.82) is 0 Å². The van der Waals surface area contributed by atoms with Gasteiger partial charge in [0.2, 0.25) is 0 Å². The fraction of sp³-hybridized carbons (Fsp3) is 0.645. The van der Waals surface area contributed by atoms with Gasteiger partial charge in [-0.05, 0) is 70.3 Å². The Bertz CT molecular complexity index is 1250. The average Bonchev–Trinajstić information content (AvgIpc) is 3.69. The number of ether oxygens (including phenoxy) is 2. The predicted octanol–water partition coefficient (Wildman–Crippen LogP) is 4.83. The number of benzene rings is 1. The lowest BCUT2D eigenvalue weighted by molar-refractivity contribution is 0.0240. The molecule has 1 N–H and O–H groups in total. The van der Waals surface area contributed by atoms with Gasteiger partial charge in [-0.15, -0.1) is 0 Å². The maximum atomic E-state index is 13.5. The number of rotatable bonds is 12. The number of carbonyl (C=O) groups is 1. The van der Waals surface area contributed by atoms with Gasteiger partial charge in [-0.2, -0.15) is 0 Å². The van der Waals surface area contributed by atoms with Crippen molar-refractivity contribution in [1.82, 2.24) is 19.8 Å². The standard InChI is InChI=1S/C31H48FN5O4Si/c1-31(2,3)41-30(39)36-16-14-35(15-17-36)28-29(38)37(22-40-18-19-42(4,5)6)21-25(34-28)8-7-13-33-27-20-26(27)23-9-11-24(32)12-10-23/h9-12,21,26-27,33H,7-8,13-20,22H2,1-6H3/t26-,27+/m0/s1. The zero-order valence-electron chi connectivity index (χ0n) is 26.1. The molecule has 1 aliphatic carbocycles. The minimum absolute atomic E-state index is 0.171. The second-order valence-corrected chi connectivity index (χ2v) is 19.3. The average molecular weight is 602 g/mol. The Balaban J connectivity index is 1.36. The number of hydrogen-bond donors (Lipinski definition) is 1. The highest BCUT2D eigenvalue weighted by molar-refractivity contribution is 6.76. The van der Waals surface area contributed by atoms with E-state index in [1.165, 1.54) is 17.7 Å². The number of amides is 1. The minimum atomic E-state index is -1.24. The zero-order valence-corrected chi connectivity index (χ0v) is 27.1. The van der Waals surface area contributed by atoms with Crippen LogP contribution in [0.1, 0.15) is 50.8 Å². The molecule has 2 fully saturated rings. The molecule has 4 rings (SSSR count). The molecule has 0 unspecified atom stereocenters. The van der Waals surface area contributed by atoms with Gasteiger partial charge in [0.25, 0.3) is 5.56 Å². The number of aromatic nitrogens is 2. The molecule has 2 heterocycles. The van der Waals surface area contributed by atoms with Gasteiger partial charge in [0.15, 0.2) is 5.82 Å².